The number of allylic oxidation sites excluding steroid dienone is 1. The first-order valence-corrected chi connectivity index (χ1v) is 11.7. The first-order valence-electron chi connectivity index (χ1n) is 11.7. The minimum atomic E-state index is -0.382. The molecule has 3 aromatic rings. The Morgan fingerprint density at radius 2 is 1.91 bits per heavy atom. The van der Waals surface area contributed by atoms with E-state index in [-0.39, 0.29) is 12.1 Å². The van der Waals surface area contributed by atoms with Gasteiger partial charge in [-0.15, -0.1) is 0 Å². The van der Waals surface area contributed by atoms with E-state index >= 15 is 0 Å². The highest BCUT2D eigenvalue weighted by atomic mass is 16.5. The smallest absolute Gasteiger partial charge is 0.358 e. The summed E-state index contributed by atoms with van der Waals surface area (Å²) in [7, 11) is 0. The molecule has 0 spiro atoms. The van der Waals surface area contributed by atoms with Crippen LogP contribution in [-0.2, 0) is 11.2 Å². The molecule has 0 unspecified atom stereocenters. The van der Waals surface area contributed by atoms with Crippen LogP contribution in [0.2, 0.25) is 0 Å². The summed E-state index contributed by atoms with van der Waals surface area (Å²) < 4.78 is 13.2. The number of hydrogen-bond acceptors (Lipinski definition) is 5. The molecule has 33 heavy (non-hydrogen) atoms. The fraction of sp³-hybridized carbons (Fsp3) is 0.333. The second kappa shape index (κ2) is 9.24. The molecule has 1 aromatic heterocycles. The van der Waals surface area contributed by atoms with Crippen molar-refractivity contribution >= 4 is 17.2 Å². The van der Waals surface area contributed by atoms with Crippen LogP contribution in [0.25, 0.3) is 11.3 Å². The van der Waals surface area contributed by atoms with Crippen molar-refractivity contribution in [2.24, 2.45) is 0 Å². The first-order chi connectivity index (χ1) is 16.1. The molecule has 0 aliphatic carbocycles. The summed E-state index contributed by atoms with van der Waals surface area (Å²) in [5.74, 6) is 0.484. The molecule has 1 N–H and O–H groups in total. The molecule has 2 aromatic carbocycles. The second-order valence-corrected chi connectivity index (χ2v) is 8.57. The molecule has 2 aliphatic rings. The number of aromatic nitrogens is 2. The van der Waals surface area contributed by atoms with E-state index in [0.29, 0.717) is 12.3 Å². The van der Waals surface area contributed by atoms with Crippen molar-refractivity contribution in [3.8, 4) is 5.75 Å². The SMILES string of the molecule is CCOC(=O)c1cc2n(n1)C(c1ccc(OC3CNC3)cc1)=C(c1ccccc1C)CCC2. The van der Waals surface area contributed by atoms with Crippen LogP contribution in [0.1, 0.15) is 52.6 Å². The maximum Gasteiger partial charge on any atom is 0.358 e. The van der Waals surface area contributed by atoms with Crippen molar-refractivity contribution in [1.29, 1.82) is 0 Å². The maximum atomic E-state index is 12.4. The van der Waals surface area contributed by atoms with Crippen LogP contribution in [-0.4, -0.2) is 41.6 Å². The van der Waals surface area contributed by atoms with E-state index in [9.17, 15) is 4.79 Å². The summed E-state index contributed by atoms with van der Waals surface area (Å²) in [5.41, 5.74) is 7.13. The van der Waals surface area contributed by atoms with Crippen LogP contribution in [0, 0.1) is 6.92 Å². The summed E-state index contributed by atoms with van der Waals surface area (Å²) in [6.07, 6.45) is 3.00. The third kappa shape index (κ3) is 4.31. The van der Waals surface area contributed by atoms with Gasteiger partial charge in [-0.25, -0.2) is 9.48 Å². The van der Waals surface area contributed by atoms with Crippen molar-refractivity contribution in [2.45, 2.75) is 39.2 Å². The zero-order valence-corrected chi connectivity index (χ0v) is 19.1. The third-order valence-corrected chi connectivity index (χ3v) is 6.27. The van der Waals surface area contributed by atoms with Crippen molar-refractivity contribution in [1.82, 2.24) is 15.1 Å². The van der Waals surface area contributed by atoms with Gasteiger partial charge in [0.15, 0.2) is 5.69 Å². The molecule has 5 rings (SSSR count). The molecular formula is C27H29N3O3. The van der Waals surface area contributed by atoms with Gasteiger partial charge in [-0.05, 0) is 80.1 Å². The number of hydrogen-bond donors (Lipinski definition) is 1. The van der Waals surface area contributed by atoms with Crippen LogP contribution in [0.5, 0.6) is 5.75 Å². The number of carbonyl (C=O) groups excluding carboxylic acids is 1. The number of ether oxygens (including phenoxy) is 2. The molecule has 0 atom stereocenters. The minimum Gasteiger partial charge on any atom is -0.488 e. The molecule has 1 saturated heterocycles. The lowest BCUT2D eigenvalue weighted by molar-refractivity contribution is 0.0519. The van der Waals surface area contributed by atoms with Crippen molar-refractivity contribution in [3.63, 3.8) is 0 Å². The Labute approximate surface area is 194 Å². The largest absolute Gasteiger partial charge is 0.488 e. The van der Waals surface area contributed by atoms with E-state index in [4.69, 9.17) is 14.6 Å². The monoisotopic (exact) mass is 443 g/mol. The van der Waals surface area contributed by atoms with E-state index in [2.05, 4.69) is 48.6 Å². The summed E-state index contributed by atoms with van der Waals surface area (Å²) in [5, 5.41) is 7.96. The van der Waals surface area contributed by atoms with E-state index in [0.717, 1.165) is 55.1 Å². The Bertz CT molecular complexity index is 1190. The van der Waals surface area contributed by atoms with Crippen molar-refractivity contribution < 1.29 is 14.3 Å². The van der Waals surface area contributed by atoms with E-state index in [1.807, 2.05) is 29.8 Å². The molecule has 2 aliphatic heterocycles. The van der Waals surface area contributed by atoms with Crippen LogP contribution in [0.3, 0.4) is 0 Å². The average Bonchev–Trinajstić information content (AvgIpc) is 3.13. The number of esters is 1. The molecule has 6 heteroatoms. The van der Waals surface area contributed by atoms with Gasteiger partial charge in [-0.2, -0.15) is 5.10 Å². The number of rotatable bonds is 6. The number of carbonyl (C=O) groups is 1. The van der Waals surface area contributed by atoms with Gasteiger partial charge in [0, 0.05) is 24.3 Å². The minimum absolute atomic E-state index is 0.236. The number of fused-ring (bicyclic) bond motifs is 1. The lowest BCUT2D eigenvalue weighted by Crippen LogP contribution is -2.50. The summed E-state index contributed by atoms with van der Waals surface area (Å²) in [6, 6.07) is 18.6. The number of aryl methyl sites for hydroxylation is 2. The lowest BCUT2D eigenvalue weighted by Gasteiger charge is -2.27. The molecule has 0 saturated carbocycles. The topological polar surface area (TPSA) is 65.4 Å². The summed E-state index contributed by atoms with van der Waals surface area (Å²) in [4.78, 5) is 12.4. The Balaban J connectivity index is 1.63. The Morgan fingerprint density at radius 1 is 1.12 bits per heavy atom. The zero-order chi connectivity index (χ0) is 22.8. The number of nitrogens with zero attached hydrogens (tertiary/aromatic N) is 2. The van der Waals surface area contributed by atoms with Crippen LogP contribution in [0.15, 0.2) is 54.6 Å². The standard InChI is InChI=1S/C27H29N3O3/c1-3-32-27(31)25-15-20-8-6-10-24(23-9-5-4-7-18(23)2)26(30(20)29-25)19-11-13-21(14-12-19)33-22-16-28-17-22/h4-5,7,9,11-15,22,28H,3,6,8,10,16-17H2,1-2H3. The normalized spacial score (nSPS) is 16.1. The predicted octanol–water partition coefficient (Wildman–Crippen LogP) is 4.47. The molecule has 0 radical (unpaired) electrons. The Hall–Kier alpha value is -3.38. The average molecular weight is 444 g/mol. The Kier molecular flexibility index (Phi) is 6.01. The van der Waals surface area contributed by atoms with Gasteiger partial charge in [-0.3, -0.25) is 0 Å². The quantitative estimate of drug-likeness (QED) is 0.570. The maximum absolute atomic E-state index is 12.4. The molecule has 0 amide bonds. The molecule has 6 nitrogen and oxygen atoms in total. The van der Waals surface area contributed by atoms with Gasteiger partial charge < -0.3 is 14.8 Å². The third-order valence-electron chi connectivity index (χ3n) is 6.27. The van der Waals surface area contributed by atoms with Crippen LogP contribution in [0.4, 0.5) is 0 Å². The fourth-order valence-electron chi connectivity index (χ4n) is 4.49. The van der Waals surface area contributed by atoms with Crippen LogP contribution >= 0.6 is 0 Å². The van der Waals surface area contributed by atoms with Gasteiger partial charge in [0.25, 0.3) is 0 Å². The second-order valence-electron chi connectivity index (χ2n) is 8.57. The van der Waals surface area contributed by atoms with Crippen molar-refractivity contribution in [3.05, 3.63) is 82.7 Å². The number of benzene rings is 2. The lowest BCUT2D eigenvalue weighted by atomic mass is 9.93. The van der Waals surface area contributed by atoms with E-state index in [1.54, 1.807) is 0 Å². The Morgan fingerprint density at radius 3 is 2.61 bits per heavy atom. The van der Waals surface area contributed by atoms with E-state index in [1.165, 1.54) is 16.7 Å². The molecule has 0 bridgehead atoms. The highest BCUT2D eigenvalue weighted by molar-refractivity contribution is 5.93. The zero-order valence-electron chi connectivity index (χ0n) is 19.1. The molecule has 1 fully saturated rings. The number of nitrogens with one attached hydrogen (secondary N) is 1. The van der Waals surface area contributed by atoms with Gasteiger partial charge in [0.05, 0.1) is 12.3 Å². The van der Waals surface area contributed by atoms with Gasteiger partial charge in [0.2, 0.25) is 0 Å². The first kappa shape index (κ1) is 21.5. The molecular weight excluding hydrogens is 414 g/mol. The highest BCUT2D eigenvalue weighted by Gasteiger charge is 2.25. The van der Waals surface area contributed by atoms with E-state index < -0.39 is 0 Å². The summed E-state index contributed by atoms with van der Waals surface area (Å²) >= 11 is 0. The van der Waals surface area contributed by atoms with Gasteiger partial charge in [0.1, 0.15) is 11.9 Å². The predicted molar refractivity (Wildman–Crippen MR) is 128 cm³/mol. The van der Waals surface area contributed by atoms with Crippen molar-refractivity contribution in [2.75, 3.05) is 19.7 Å². The fourth-order valence-corrected chi connectivity index (χ4v) is 4.49. The highest BCUT2D eigenvalue weighted by Crippen LogP contribution is 2.37. The molecule has 3 heterocycles. The van der Waals surface area contributed by atoms with Gasteiger partial charge in [-0.1, -0.05) is 24.3 Å². The summed E-state index contributed by atoms with van der Waals surface area (Å²) in [6.45, 7) is 6.05. The molecule has 170 valence electrons. The van der Waals surface area contributed by atoms with Crippen LogP contribution < -0.4 is 10.1 Å². The van der Waals surface area contributed by atoms with Gasteiger partial charge >= 0.3 is 5.97 Å².